The fraction of sp³-hybridized carbons (Fsp3) is 0. The van der Waals surface area contributed by atoms with Crippen molar-refractivity contribution >= 4 is 74.6 Å². The number of hydrogen-bond donors (Lipinski definition) is 0. The molecule has 0 N–H and O–H groups in total. The number of aromatic nitrogens is 4. The summed E-state index contributed by atoms with van der Waals surface area (Å²) in [6, 6.07) is 57.9. The van der Waals surface area contributed by atoms with Gasteiger partial charge >= 0.3 is 0 Å². The van der Waals surface area contributed by atoms with E-state index in [1.807, 2.05) is 41.8 Å². The maximum absolute atomic E-state index is 5.22. The van der Waals surface area contributed by atoms with E-state index in [1.165, 1.54) is 63.3 Å². The van der Waals surface area contributed by atoms with Gasteiger partial charge in [-0.2, -0.15) is 0 Å². The van der Waals surface area contributed by atoms with Crippen molar-refractivity contribution < 1.29 is 0 Å². The zero-order chi connectivity index (χ0) is 34.9. The van der Waals surface area contributed by atoms with Crippen LogP contribution in [0.15, 0.2) is 170 Å². The highest BCUT2D eigenvalue weighted by Crippen LogP contribution is 2.41. The highest BCUT2D eigenvalue weighted by atomic mass is 32.1. The lowest BCUT2D eigenvalue weighted by Gasteiger charge is -2.13. The molecule has 8 aromatic carbocycles. The highest BCUT2D eigenvalue weighted by Gasteiger charge is 2.17. The first-order valence-electron chi connectivity index (χ1n) is 17.7. The zero-order valence-corrected chi connectivity index (χ0v) is 29.2. The fourth-order valence-corrected chi connectivity index (χ4v) is 9.02. The monoisotopic (exact) mass is 692 g/mol. The molecule has 3 heterocycles. The maximum atomic E-state index is 5.22. The first kappa shape index (κ1) is 29.9. The molecule has 5 heteroatoms. The SMILES string of the molecule is c1ccc(-c2cccc(-c3nc(-c4ccc5sc6c7ccccc7ccc6c5c4)nc(-c4ccc5c6ccccc6c6ccccc6c5c4)n3)c2)nc1. The number of hydrogen-bond acceptors (Lipinski definition) is 5. The van der Waals surface area contributed by atoms with E-state index in [0.29, 0.717) is 17.5 Å². The Kier molecular flexibility index (Phi) is 6.69. The molecule has 0 saturated heterocycles. The molecule has 11 aromatic rings. The average molecular weight is 693 g/mol. The number of thiophene rings is 1. The van der Waals surface area contributed by atoms with Crippen LogP contribution in [0.3, 0.4) is 0 Å². The van der Waals surface area contributed by atoms with Crippen LogP contribution in [0.5, 0.6) is 0 Å². The van der Waals surface area contributed by atoms with Crippen molar-refractivity contribution in [2.24, 2.45) is 0 Å². The lowest BCUT2D eigenvalue weighted by molar-refractivity contribution is 1.08. The van der Waals surface area contributed by atoms with Crippen molar-refractivity contribution in [2.75, 3.05) is 0 Å². The summed E-state index contributed by atoms with van der Waals surface area (Å²) < 4.78 is 2.54. The molecular weight excluding hydrogens is 665 g/mol. The summed E-state index contributed by atoms with van der Waals surface area (Å²) in [5.74, 6) is 1.89. The molecule has 0 fully saturated rings. The predicted molar refractivity (Wildman–Crippen MR) is 222 cm³/mol. The lowest BCUT2D eigenvalue weighted by Crippen LogP contribution is -2.00. The average Bonchev–Trinajstić information content (AvgIpc) is 3.62. The van der Waals surface area contributed by atoms with Gasteiger partial charge in [-0.25, -0.2) is 15.0 Å². The summed E-state index contributed by atoms with van der Waals surface area (Å²) in [7, 11) is 0. The molecule has 0 bridgehead atoms. The second-order valence-corrected chi connectivity index (χ2v) is 14.5. The summed E-state index contributed by atoms with van der Waals surface area (Å²) in [5.41, 5.74) is 4.71. The molecule has 0 aliphatic rings. The third kappa shape index (κ3) is 4.90. The van der Waals surface area contributed by atoms with Gasteiger partial charge in [0.1, 0.15) is 0 Å². The minimum Gasteiger partial charge on any atom is -0.256 e. The van der Waals surface area contributed by atoms with Crippen molar-refractivity contribution in [1.82, 2.24) is 19.9 Å². The van der Waals surface area contributed by atoms with Crippen molar-refractivity contribution in [2.45, 2.75) is 0 Å². The molecule has 246 valence electrons. The third-order valence-electron chi connectivity index (χ3n) is 10.3. The van der Waals surface area contributed by atoms with E-state index in [-0.39, 0.29) is 0 Å². The van der Waals surface area contributed by atoms with Gasteiger partial charge in [0.15, 0.2) is 17.5 Å². The normalized spacial score (nSPS) is 11.8. The van der Waals surface area contributed by atoms with Gasteiger partial charge in [0.05, 0.1) is 5.69 Å². The van der Waals surface area contributed by atoms with Crippen LogP contribution >= 0.6 is 11.3 Å². The van der Waals surface area contributed by atoms with E-state index in [0.717, 1.165) is 27.9 Å². The molecule has 0 amide bonds. The van der Waals surface area contributed by atoms with E-state index in [4.69, 9.17) is 15.0 Å². The number of benzene rings is 8. The fourth-order valence-electron chi connectivity index (χ4n) is 7.80. The van der Waals surface area contributed by atoms with Crippen LogP contribution in [-0.4, -0.2) is 19.9 Å². The molecule has 0 radical (unpaired) electrons. The lowest BCUT2D eigenvalue weighted by atomic mass is 9.93. The third-order valence-corrected chi connectivity index (χ3v) is 11.6. The molecule has 0 aliphatic carbocycles. The molecule has 11 rings (SSSR count). The van der Waals surface area contributed by atoms with Crippen LogP contribution in [0, 0.1) is 0 Å². The van der Waals surface area contributed by atoms with Crippen LogP contribution in [0.25, 0.3) is 109 Å². The quantitative estimate of drug-likeness (QED) is 0.172. The smallest absolute Gasteiger partial charge is 0.164 e. The van der Waals surface area contributed by atoms with E-state index >= 15 is 0 Å². The Morgan fingerprint density at radius 3 is 1.58 bits per heavy atom. The summed E-state index contributed by atoms with van der Waals surface area (Å²) in [4.78, 5) is 20.2. The van der Waals surface area contributed by atoms with Crippen LogP contribution in [-0.2, 0) is 0 Å². The van der Waals surface area contributed by atoms with E-state index < -0.39 is 0 Å². The minimum absolute atomic E-state index is 0.618. The van der Waals surface area contributed by atoms with Crippen molar-refractivity contribution in [3.63, 3.8) is 0 Å². The largest absolute Gasteiger partial charge is 0.256 e. The number of rotatable bonds is 4. The van der Waals surface area contributed by atoms with Gasteiger partial charge in [-0.3, -0.25) is 4.98 Å². The van der Waals surface area contributed by atoms with Crippen LogP contribution in [0.4, 0.5) is 0 Å². The predicted octanol–water partition coefficient (Wildman–Crippen LogP) is 12.9. The Bertz CT molecular complexity index is 3200. The van der Waals surface area contributed by atoms with E-state index in [1.54, 1.807) is 0 Å². The van der Waals surface area contributed by atoms with Gasteiger partial charge in [0, 0.05) is 48.6 Å². The Morgan fingerprint density at radius 2 is 0.887 bits per heavy atom. The number of pyridine rings is 1. The Morgan fingerprint density at radius 1 is 0.340 bits per heavy atom. The number of nitrogens with zero attached hydrogens (tertiary/aromatic N) is 4. The maximum Gasteiger partial charge on any atom is 0.164 e. The van der Waals surface area contributed by atoms with Gasteiger partial charge < -0.3 is 0 Å². The molecule has 0 atom stereocenters. The second kappa shape index (κ2) is 11.9. The van der Waals surface area contributed by atoms with Crippen LogP contribution in [0.2, 0.25) is 0 Å². The van der Waals surface area contributed by atoms with Crippen LogP contribution in [0.1, 0.15) is 0 Å². The molecule has 0 unspecified atom stereocenters. The van der Waals surface area contributed by atoms with Gasteiger partial charge in [-0.05, 0) is 85.6 Å². The molecule has 0 spiro atoms. The Hall–Kier alpha value is -6.82. The van der Waals surface area contributed by atoms with Crippen molar-refractivity contribution in [3.8, 4) is 45.4 Å². The van der Waals surface area contributed by atoms with E-state index in [9.17, 15) is 0 Å². The molecular formula is C48H28N4S. The number of fused-ring (bicyclic) bond motifs is 11. The molecule has 3 aromatic heterocycles. The van der Waals surface area contributed by atoms with E-state index in [2.05, 4.69) is 145 Å². The topological polar surface area (TPSA) is 51.6 Å². The van der Waals surface area contributed by atoms with Crippen molar-refractivity contribution in [1.29, 1.82) is 0 Å². The summed E-state index contributed by atoms with van der Waals surface area (Å²) in [6.45, 7) is 0. The molecule has 0 aliphatic heterocycles. The Labute approximate surface area is 308 Å². The molecule has 0 saturated carbocycles. The summed E-state index contributed by atoms with van der Waals surface area (Å²) in [6.07, 6.45) is 1.82. The van der Waals surface area contributed by atoms with Crippen LogP contribution < -0.4 is 0 Å². The molecule has 53 heavy (non-hydrogen) atoms. The standard InChI is InChI=1S/C48H28N4S/c1-2-13-34-29(10-1)19-23-40-42-28-33(21-24-44(42)53-45(34)40)48-51-46(31-12-9-11-30(26-31)43-18-7-8-25-49-43)50-47(52-48)32-20-22-39-37-16-4-3-14-35(37)36-15-5-6-17-38(36)41(39)27-32/h1-28H. The Balaban J connectivity index is 1.14. The second-order valence-electron chi connectivity index (χ2n) is 13.4. The van der Waals surface area contributed by atoms with Gasteiger partial charge in [0.25, 0.3) is 0 Å². The highest BCUT2D eigenvalue weighted by molar-refractivity contribution is 7.26. The van der Waals surface area contributed by atoms with Gasteiger partial charge in [-0.1, -0.05) is 121 Å². The summed E-state index contributed by atoms with van der Waals surface area (Å²) in [5, 5.41) is 12.3. The van der Waals surface area contributed by atoms with Gasteiger partial charge in [-0.15, -0.1) is 11.3 Å². The first-order valence-corrected chi connectivity index (χ1v) is 18.5. The van der Waals surface area contributed by atoms with Crippen molar-refractivity contribution in [3.05, 3.63) is 170 Å². The van der Waals surface area contributed by atoms with Gasteiger partial charge in [0.2, 0.25) is 0 Å². The zero-order valence-electron chi connectivity index (χ0n) is 28.4. The minimum atomic E-state index is 0.618. The first-order chi connectivity index (χ1) is 26.2. The molecule has 4 nitrogen and oxygen atoms in total. The summed E-state index contributed by atoms with van der Waals surface area (Å²) >= 11 is 1.84.